The Labute approximate surface area is 224 Å². The number of hydrogen-bond donors (Lipinski definition) is 0. The molecule has 2 aromatic carbocycles. The van der Waals surface area contributed by atoms with Crippen LogP contribution in [0.25, 0.3) is 15.9 Å². The van der Waals surface area contributed by atoms with Crippen molar-refractivity contribution in [1.29, 1.82) is 0 Å². The van der Waals surface area contributed by atoms with Gasteiger partial charge in [0, 0.05) is 22.7 Å². The Balaban J connectivity index is 1.42. The first kappa shape index (κ1) is 24.2. The molecule has 1 aliphatic heterocycles. The Hall–Kier alpha value is -3.10. The molecule has 0 bridgehead atoms. The topological polar surface area (TPSA) is 64.4 Å². The van der Waals surface area contributed by atoms with E-state index in [9.17, 15) is 9.59 Å². The van der Waals surface area contributed by atoms with Gasteiger partial charge in [-0.05, 0) is 68.4 Å². The zero-order valence-electron chi connectivity index (χ0n) is 21.0. The summed E-state index contributed by atoms with van der Waals surface area (Å²) in [6.07, 6.45) is 6.21. The van der Waals surface area contributed by atoms with E-state index < -0.39 is 0 Å². The normalized spacial score (nSPS) is 16.9. The number of aryl methyl sites for hydroxylation is 2. The third-order valence-electron chi connectivity index (χ3n) is 7.32. The van der Waals surface area contributed by atoms with Gasteiger partial charge < -0.3 is 9.64 Å². The van der Waals surface area contributed by atoms with E-state index in [0.29, 0.717) is 16.6 Å². The predicted octanol–water partition coefficient (Wildman–Crippen LogP) is 5.79. The molecule has 0 spiro atoms. The lowest BCUT2D eigenvalue weighted by atomic mass is 10.1. The first-order valence-corrected chi connectivity index (χ1v) is 14.6. The van der Waals surface area contributed by atoms with E-state index >= 15 is 0 Å². The van der Waals surface area contributed by atoms with Crippen molar-refractivity contribution in [2.75, 3.05) is 17.8 Å². The van der Waals surface area contributed by atoms with Crippen molar-refractivity contribution in [2.24, 2.45) is 0 Å². The molecule has 3 heterocycles. The van der Waals surface area contributed by atoms with Crippen LogP contribution in [-0.4, -0.2) is 34.4 Å². The number of amides is 1. The number of thioether (sulfide) groups is 1. The summed E-state index contributed by atoms with van der Waals surface area (Å²) in [6, 6.07) is 15.7. The number of anilines is 1. The van der Waals surface area contributed by atoms with Crippen molar-refractivity contribution in [2.45, 2.75) is 56.6 Å². The second-order valence-corrected chi connectivity index (χ2v) is 11.7. The molecule has 190 valence electrons. The molecule has 2 aromatic heterocycles. The second kappa shape index (κ2) is 9.99. The average molecular weight is 532 g/mol. The van der Waals surface area contributed by atoms with E-state index in [1.807, 2.05) is 47.4 Å². The number of hydrogen-bond acceptors (Lipinski definition) is 6. The second-order valence-electron chi connectivity index (χ2n) is 9.72. The zero-order chi connectivity index (χ0) is 25.5. The smallest absolute Gasteiger partial charge is 0.267 e. The molecule has 2 aliphatic rings. The third kappa shape index (κ3) is 4.36. The van der Waals surface area contributed by atoms with Crippen molar-refractivity contribution in [3.05, 3.63) is 74.9 Å². The lowest BCUT2D eigenvalue weighted by molar-refractivity contribution is -0.116. The monoisotopic (exact) mass is 531 g/mol. The molecule has 1 aliphatic carbocycles. The maximum atomic E-state index is 14.1. The maximum absolute atomic E-state index is 14.1. The fraction of sp³-hybridized carbons (Fsp3) is 0.345. The van der Waals surface area contributed by atoms with E-state index in [0.717, 1.165) is 48.0 Å². The van der Waals surface area contributed by atoms with Crippen LogP contribution in [0, 0.1) is 0 Å². The van der Waals surface area contributed by atoms with Crippen molar-refractivity contribution in [3.8, 4) is 11.4 Å². The standard InChI is InChI=1S/C29H29N3O3S2/c1-18-15-19-9-6-7-13-23(19)31(18)25(33)17-36-29-30-27-26(22-12-4-3-5-14-24(22)37-27)28(34)32(29)20-10-8-11-21(16-20)35-2/h6-11,13,16,18H,3-5,12,14-15,17H2,1-2H3. The summed E-state index contributed by atoms with van der Waals surface area (Å²) in [5.41, 5.74) is 3.98. The minimum atomic E-state index is -0.0625. The molecule has 6 rings (SSSR count). The van der Waals surface area contributed by atoms with Crippen LogP contribution < -0.4 is 15.2 Å². The van der Waals surface area contributed by atoms with E-state index in [-0.39, 0.29) is 23.3 Å². The van der Waals surface area contributed by atoms with E-state index in [2.05, 4.69) is 13.0 Å². The highest BCUT2D eigenvalue weighted by Crippen LogP contribution is 2.36. The van der Waals surface area contributed by atoms with Crippen LogP contribution >= 0.6 is 23.1 Å². The SMILES string of the molecule is COc1cccc(-n2c(SCC(=O)N3c4ccccc4CC3C)nc3sc4c(c3c2=O)CCCCC4)c1. The molecule has 1 unspecified atom stereocenters. The highest BCUT2D eigenvalue weighted by Gasteiger charge is 2.31. The number of nitrogens with zero attached hydrogens (tertiary/aromatic N) is 3. The number of ether oxygens (including phenoxy) is 1. The lowest BCUT2D eigenvalue weighted by Crippen LogP contribution is -2.37. The summed E-state index contributed by atoms with van der Waals surface area (Å²) in [4.78, 5) is 36.5. The van der Waals surface area contributed by atoms with Crippen LogP contribution in [0.1, 0.15) is 42.2 Å². The molecule has 0 fully saturated rings. The highest BCUT2D eigenvalue weighted by molar-refractivity contribution is 7.99. The summed E-state index contributed by atoms with van der Waals surface area (Å²) in [5.74, 6) is 0.894. The first-order chi connectivity index (χ1) is 18.0. The molecular weight excluding hydrogens is 502 g/mol. The van der Waals surface area contributed by atoms with Gasteiger partial charge in [0.1, 0.15) is 10.6 Å². The number of methoxy groups -OCH3 is 1. The number of benzene rings is 2. The van der Waals surface area contributed by atoms with Crippen LogP contribution in [-0.2, 0) is 24.1 Å². The molecule has 0 N–H and O–H groups in total. The molecule has 1 atom stereocenters. The molecule has 4 aromatic rings. The quantitative estimate of drug-likeness (QED) is 0.185. The van der Waals surface area contributed by atoms with Gasteiger partial charge in [-0.25, -0.2) is 4.98 Å². The Kier molecular flexibility index (Phi) is 6.55. The molecule has 6 nitrogen and oxygen atoms in total. The number of fused-ring (bicyclic) bond motifs is 4. The molecular formula is C29H29N3O3S2. The molecule has 8 heteroatoms. The number of para-hydroxylation sites is 1. The fourth-order valence-electron chi connectivity index (χ4n) is 5.58. The van der Waals surface area contributed by atoms with Crippen molar-refractivity contribution in [3.63, 3.8) is 0 Å². The van der Waals surface area contributed by atoms with Gasteiger partial charge in [0.15, 0.2) is 5.16 Å². The molecule has 0 radical (unpaired) electrons. The summed E-state index contributed by atoms with van der Waals surface area (Å²) < 4.78 is 7.11. The molecule has 1 amide bonds. The third-order valence-corrected chi connectivity index (χ3v) is 9.43. The van der Waals surface area contributed by atoms with Gasteiger partial charge in [-0.2, -0.15) is 0 Å². The summed E-state index contributed by atoms with van der Waals surface area (Å²) in [5, 5.41) is 1.28. The van der Waals surface area contributed by atoms with Crippen LogP contribution in [0.4, 0.5) is 5.69 Å². The lowest BCUT2D eigenvalue weighted by Gasteiger charge is -2.22. The van der Waals surface area contributed by atoms with Gasteiger partial charge in [-0.1, -0.05) is 42.4 Å². The Bertz CT molecular complexity index is 1560. The Morgan fingerprint density at radius 1 is 1.14 bits per heavy atom. The van der Waals surface area contributed by atoms with Gasteiger partial charge >= 0.3 is 0 Å². The van der Waals surface area contributed by atoms with Crippen molar-refractivity contribution in [1.82, 2.24) is 9.55 Å². The van der Waals surface area contributed by atoms with Crippen LogP contribution in [0.15, 0.2) is 58.5 Å². The van der Waals surface area contributed by atoms with Crippen molar-refractivity contribution < 1.29 is 9.53 Å². The molecule has 37 heavy (non-hydrogen) atoms. The minimum Gasteiger partial charge on any atom is -0.497 e. The minimum absolute atomic E-state index is 0.0240. The predicted molar refractivity (Wildman–Crippen MR) is 151 cm³/mol. The van der Waals surface area contributed by atoms with Gasteiger partial charge in [0.2, 0.25) is 5.91 Å². The number of carbonyl (C=O) groups is 1. The van der Waals surface area contributed by atoms with Gasteiger partial charge in [-0.15, -0.1) is 11.3 Å². The van der Waals surface area contributed by atoms with Gasteiger partial charge in [-0.3, -0.25) is 14.2 Å². The fourth-order valence-corrected chi connectivity index (χ4v) is 7.75. The summed E-state index contributed by atoms with van der Waals surface area (Å²) in [6.45, 7) is 2.08. The summed E-state index contributed by atoms with van der Waals surface area (Å²) in [7, 11) is 1.62. The van der Waals surface area contributed by atoms with Crippen molar-refractivity contribution >= 4 is 44.9 Å². The Morgan fingerprint density at radius 3 is 2.84 bits per heavy atom. The van der Waals surface area contributed by atoms with Crippen LogP contribution in [0.5, 0.6) is 5.75 Å². The van der Waals surface area contributed by atoms with Crippen LogP contribution in [0.3, 0.4) is 0 Å². The Morgan fingerprint density at radius 2 is 1.97 bits per heavy atom. The van der Waals surface area contributed by atoms with E-state index in [4.69, 9.17) is 9.72 Å². The van der Waals surface area contributed by atoms with Gasteiger partial charge in [0.25, 0.3) is 5.56 Å². The summed E-state index contributed by atoms with van der Waals surface area (Å²) >= 11 is 2.98. The maximum Gasteiger partial charge on any atom is 0.267 e. The van der Waals surface area contributed by atoms with Gasteiger partial charge in [0.05, 0.1) is 23.9 Å². The van der Waals surface area contributed by atoms with E-state index in [1.54, 1.807) is 23.0 Å². The first-order valence-electron chi connectivity index (χ1n) is 12.8. The van der Waals surface area contributed by atoms with E-state index in [1.165, 1.54) is 34.2 Å². The number of aromatic nitrogens is 2. The highest BCUT2D eigenvalue weighted by atomic mass is 32.2. The number of carbonyl (C=O) groups excluding carboxylic acids is 1. The zero-order valence-corrected chi connectivity index (χ0v) is 22.7. The largest absolute Gasteiger partial charge is 0.497 e. The molecule has 0 saturated carbocycles. The average Bonchev–Trinajstić information content (AvgIpc) is 3.34. The number of rotatable bonds is 5. The van der Waals surface area contributed by atoms with Crippen LogP contribution in [0.2, 0.25) is 0 Å². The molecule has 0 saturated heterocycles. The number of thiophene rings is 1.